The number of nitrogens with zero attached hydrogens (tertiary/aromatic N) is 3. The molecule has 1 unspecified atom stereocenters. The summed E-state index contributed by atoms with van der Waals surface area (Å²) in [4.78, 5) is 10.2. The monoisotopic (exact) mass is 265 g/mol. The molecule has 0 saturated heterocycles. The van der Waals surface area contributed by atoms with Crippen LogP contribution in [0, 0.1) is 0 Å². The van der Waals surface area contributed by atoms with Crippen molar-refractivity contribution >= 4 is 33.7 Å². The predicted molar refractivity (Wildman–Crippen MR) is 56.7 cm³/mol. The highest BCUT2D eigenvalue weighted by Gasteiger charge is 2.10. The SMILES string of the molecule is O=C(O)CNCCN(c1nncs1)S(=O)[O-]. The maximum atomic E-state index is 10.8. The average molecular weight is 265 g/mol. The van der Waals surface area contributed by atoms with E-state index in [4.69, 9.17) is 5.11 Å². The molecule has 0 amide bonds. The minimum atomic E-state index is -2.44. The molecule has 0 bridgehead atoms. The summed E-state index contributed by atoms with van der Waals surface area (Å²) < 4.78 is 22.7. The van der Waals surface area contributed by atoms with Gasteiger partial charge in [0, 0.05) is 24.4 Å². The molecule has 1 rings (SSSR count). The van der Waals surface area contributed by atoms with Gasteiger partial charge in [-0.2, -0.15) is 0 Å². The number of hydrogen-bond donors (Lipinski definition) is 2. The number of anilines is 1. The summed E-state index contributed by atoms with van der Waals surface area (Å²) in [7, 11) is 0. The Kier molecular flexibility index (Phi) is 5.25. The van der Waals surface area contributed by atoms with Crippen LogP contribution in [-0.4, -0.2) is 49.7 Å². The van der Waals surface area contributed by atoms with Gasteiger partial charge in [0.1, 0.15) is 5.51 Å². The third-order valence-electron chi connectivity index (χ3n) is 1.51. The van der Waals surface area contributed by atoms with Crippen molar-refractivity contribution in [1.29, 1.82) is 0 Å². The fraction of sp³-hybridized carbons (Fsp3) is 0.500. The molecule has 8 nitrogen and oxygen atoms in total. The third kappa shape index (κ3) is 4.18. The van der Waals surface area contributed by atoms with Crippen molar-refractivity contribution < 1.29 is 18.7 Å². The van der Waals surface area contributed by atoms with E-state index in [9.17, 15) is 13.6 Å². The molecule has 0 aliphatic rings. The normalized spacial score (nSPS) is 12.3. The third-order valence-corrected chi connectivity index (χ3v) is 3.05. The van der Waals surface area contributed by atoms with Gasteiger partial charge >= 0.3 is 5.97 Å². The fourth-order valence-electron chi connectivity index (χ4n) is 0.886. The van der Waals surface area contributed by atoms with Gasteiger partial charge in [-0.25, -0.2) is 0 Å². The van der Waals surface area contributed by atoms with E-state index in [2.05, 4.69) is 15.5 Å². The highest BCUT2D eigenvalue weighted by Crippen LogP contribution is 2.15. The maximum Gasteiger partial charge on any atom is 0.317 e. The van der Waals surface area contributed by atoms with Crippen LogP contribution in [0.2, 0.25) is 0 Å². The van der Waals surface area contributed by atoms with Gasteiger partial charge in [-0.3, -0.25) is 13.3 Å². The van der Waals surface area contributed by atoms with Gasteiger partial charge in [-0.05, 0) is 0 Å². The van der Waals surface area contributed by atoms with E-state index < -0.39 is 17.2 Å². The molecular formula is C6H9N4O4S2-. The Morgan fingerprint density at radius 1 is 1.75 bits per heavy atom. The zero-order valence-electron chi connectivity index (χ0n) is 8.03. The van der Waals surface area contributed by atoms with Crippen LogP contribution in [0.4, 0.5) is 5.13 Å². The van der Waals surface area contributed by atoms with Crippen LogP contribution in [0.15, 0.2) is 5.51 Å². The zero-order chi connectivity index (χ0) is 12.0. The van der Waals surface area contributed by atoms with E-state index in [1.54, 1.807) is 0 Å². The molecule has 2 N–H and O–H groups in total. The van der Waals surface area contributed by atoms with E-state index >= 15 is 0 Å². The summed E-state index contributed by atoms with van der Waals surface area (Å²) in [5.74, 6) is -0.995. The van der Waals surface area contributed by atoms with Crippen molar-refractivity contribution in [2.24, 2.45) is 0 Å². The maximum absolute atomic E-state index is 10.8. The number of carboxylic acid groups (broad SMARTS) is 1. The van der Waals surface area contributed by atoms with Crippen molar-refractivity contribution in [3.8, 4) is 0 Å². The second-order valence-corrected chi connectivity index (χ2v) is 4.30. The lowest BCUT2D eigenvalue weighted by Gasteiger charge is -2.22. The highest BCUT2D eigenvalue weighted by molar-refractivity contribution is 7.80. The minimum absolute atomic E-state index is 0.110. The van der Waals surface area contributed by atoms with Crippen LogP contribution in [0.3, 0.4) is 0 Å². The molecule has 16 heavy (non-hydrogen) atoms. The standard InChI is InChI=1S/C6H10N4O4S2/c11-5(12)3-7-1-2-10(16(13)14)6-9-8-4-15-6/h4,7H,1-3H2,(H,11,12)(H,13,14)/p-1. The molecule has 1 heterocycles. The molecular weight excluding hydrogens is 256 g/mol. The number of carboxylic acids is 1. The predicted octanol–water partition coefficient (Wildman–Crippen LogP) is -1.19. The molecule has 1 aromatic heterocycles. The molecule has 1 atom stereocenters. The molecule has 0 saturated carbocycles. The van der Waals surface area contributed by atoms with E-state index in [0.29, 0.717) is 0 Å². The quantitative estimate of drug-likeness (QED) is 0.470. The van der Waals surface area contributed by atoms with Gasteiger partial charge < -0.3 is 15.0 Å². The summed E-state index contributed by atoms with van der Waals surface area (Å²) in [5.41, 5.74) is 1.42. The van der Waals surface area contributed by atoms with Gasteiger partial charge in [0.05, 0.1) is 6.54 Å². The number of nitrogens with one attached hydrogen (secondary N) is 1. The van der Waals surface area contributed by atoms with Crippen LogP contribution in [0.5, 0.6) is 0 Å². The van der Waals surface area contributed by atoms with Gasteiger partial charge in [-0.15, -0.1) is 10.2 Å². The second-order valence-electron chi connectivity index (χ2n) is 2.61. The van der Waals surface area contributed by atoms with E-state index in [-0.39, 0.29) is 24.8 Å². The smallest absolute Gasteiger partial charge is 0.317 e. The van der Waals surface area contributed by atoms with E-state index in [1.165, 1.54) is 5.51 Å². The molecule has 0 aliphatic heterocycles. The first-order valence-electron chi connectivity index (χ1n) is 4.17. The fourth-order valence-corrected chi connectivity index (χ4v) is 2.09. The Hall–Kier alpha value is -1.10. The summed E-state index contributed by atoms with van der Waals surface area (Å²) in [6, 6.07) is 0. The molecule has 0 spiro atoms. The Bertz CT molecular complexity index is 357. The number of aromatic nitrogens is 2. The van der Waals surface area contributed by atoms with E-state index in [1.807, 2.05) is 0 Å². The van der Waals surface area contributed by atoms with Gasteiger partial charge in [0.2, 0.25) is 5.13 Å². The van der Waals surface area contributed by atoms with E-state index in [0.717, 1.165) is 15.6 Å². The highest BCUT2D eigenvalue weighted by atomic mass is 32.2. The Morgan fingerprint density at radius 3 is 3.00 bits per heavy atom. The lowest BCUT2D eigenvalue weighted by molar-refractivity contribution is -0.135. The Labute approximate surface area is 97.7 Å². The van der Waals surface area contributed by atoms with Crippen molar-refractivity contribution in [2.45, 2.75) is 0 Å². The van der Waals surface area contributed by atoms with Crippen LogP contribution >= 0.6 is 11.3 Å². The van der Waals surface area contributed by atoms with Crippen molar-refractivity contribution in [1.82, 2.24) is 15.5 Å². The molecule has 0 fully saturated rings. The largest absolute Gasteiger partial charge is 0.755 e. The number of rotatable bonds is 7. The van der Waals surface area contributed by atoms with Crippen molar-refractivity contribution in [3.05, 3.63) is 5.51 Å². The molecule has 90 valence electrons. The number of carbonyl (C=O) groups is 1. The van der Waals surface area contributed by atoms with Crippen LogP contribution < -0.4 is 9.62 Å². The topological polar surface area (TPSA) is 118 Å². The first kappa shape index (κ1) is 13.0. The van der Waals surface area contributed by atoms with Gasteiger partial charge in [0.15, 0.2) is 0 Å². The van der Waals surface area contributed by atoms with Gasteiger partial charge in [0.25, 0.3) is 0 Å². The lowest BCUT2D eigenvalue weighted by atomic mass is 10.5. The van der Waals surface area contributed by atoms with Gasteiger partial charge in [-0.1, -0.05) is 11.3 Å². The summed E-state index contributed by atoms with van der Waals surface area (Å²) >= 11 is -1.35. The summed E-state index contributed by atoms with van der Waals surface area (Å²) in [6.45, 7) is 0.119. The van der Waals surface area contributed by atoms with Crippen molar-refractivity contribution in [2.75, 3.05) is 23.9 Å². The lowest BCUT2D eigenvalue weighted by Crippen LogP contribution is -2.35. The average Bonchev–Trinajstić information content (AvgIpc) is 2.69. The Morgan fingerprint density at radius 2 is 2.50 bits per heavy atom. The molecule has 0 radical (unpaired) electrons. The van der Waals surface area contributed by atoms with Crippen LogP contribution in [0.25, 0.3) is 0 Å². The van der Waals surface area contributed by atoms with Crippen molar-refractivity contribution in [3.63, 3.8) is 0 Å². The summed E-state index contributed by atoms with van der Waals surface area (Å²) in [6.07, 6.45) is 0. The molecule has 0 aromatic carbocycles. The number of hydrogen-bond acceptors (Lipinski definition) is 7. The first-order chi connectivity index (χ1) is 7.61. The molecule has 10 heteroatoms. The second kappa shape index (κ2) is 6.48. The minimum Gasteiger partial charge on any atom is -0.755 e. The summed E-state index contributed by atoms with van der Waals surface area (Å²) in [5, 5.41) is 18.3. The zero-order valence-corrected chi connectivity index (χ0v) is 9.66. The van der Waals surface area contributed by atoms with Crippen LogP contribution in [0.1, 0.15) is 0 Å². The van der Waals surface area contributed by atoms with Crippen LogP contribution in [-0.2, 0) is 16.1 Å². The molecule has 1 aromatic rings. The first-order valence-corrected chi connectivity index (χ1v) is 6.08. The Balaban J connectivity index is 2.41. The number of aliphatic carboxylic acids is 1. The molecule has 0 aliphatic carbocycles.